The van der Waals surface area contributed by atoms with Crippen LogP contribution in [0, 0.1) is 12.7 Å². The number of aromatic nitrogens is 2. The third-order valence-electron chi connectivity index (χ3n) is 3.04. The standard InChI is InChI=1S/C13H16FN3/c1-8(15)10-4-5-13(14)11(6-10)12-7-16-17(3)9(12)2/h4-8H,15H2,1-3H3. The molecule has 0 bridgehead atoms. The molecule has 1 aromatic heterocycles. The van der Waals surface area contributed by atoms with Crippen LogP contribution in [0.25, 0.3) is 11.1 Å². The summed E-state index contributed by atoms with van der Waals surface area (Å²) in [6, 6.07) is 4.87. The number of hydrogen-bond donors (Lipinski definition) is 1. The molecule has 0 fully saturated rings. The largest absolute Gasteiger partial charge is 0.324 e. The Labute approximate surface area is 100 Å². The number of halogens is 1. The lowest BCUT2D eigenvalue weighted by atomic mass is 10.0. The summed E-state index contributed by atoms with van der Waals surface area (Å²) in [5, 5.41) is 4.13. The fourth-order valence-electron chi connectivity index (χ4n) is 1.80. The molecular formula is C13H16FN3. The van der Waals surface area contributed by atoms with E-state index in [9.17, 15) is 4.39 Å². The number of nitrogens with zero attached hydrogens (tertiary/aromatic N) is 2. The molecule has 0 spiro atoms. The first-order chi connectivity index (χ1) is 8.00. The van der Waals surface area contributed by atoms with Crippen molar-refractivity contribution in [3.05, 3.63) is 41.5 Å². The van der Waals surface area contributed by atoms with Crippen LogP contribution in [0.5, 0.6) is 0 Å². The fraction of sp³-hybridized carbons (Fsp3) is 0.308. The zero-order valence-electron chi connectivity index (χ0n) is 10.2. The number of benzene rings is 1. The number of rotatable bonds is 2. The molecule has 90 valence electrons. The predicted molar refractivity (Wildman–Crippen MR) is 65.9 cm³/mol. The summed E-state index contributed by atoms with van der Waals surface area (Å²) in [5.41, 5.74) is 9.04. The molecule has 0 amide bonds. The summed E-state index contributed by atoms with van der Waals surface area (Å²) < 4.78 is 15.6. The van der Waals surface area contributed by atoms with E-state index < -0.39 is 0 Å². The van der Waals surface area contributed by atoms with E-state index in [1.165, 1.54) is 6.07 Å². The topological polar surface area (TPSA) is 43.8 Å². The fourth-order valence-corrected chi connectivity index (χ4v) is 1.80. The van der Waals surface area contributed by atoms with Gasteiger partial charge in [-0.3, -0.25) is 4.68 Å². The lowest BCUT2D eigenvalue weighted by Gasteiger charge is -2.09. The molecule has 4 heteroatoms. The first kappa shape index (κ1) is 11.8. The second-order valence-electron chi connectivity index (χ2n) is 4.30. The van der Waals surface area contributed by atoms with Gasteiger partial charge in [0.05, 0.1) is 6.20 Å². The molecule has 1 aromatic carbocycles. The van der Waals surface area contributed by atoms with Crippen molar-refractivity contribution in [3.8, 4) is 11.1 Å². The molecule has 0 radical (unpaired) electrons. The smallest absolute Gasteiger partial charge is 0.131 e. The van der Waals surface area contributed by atoms with Crippen LogP contribution in [0.2, 0.25) is 0 Å². The van der Waals surface area contributed by atoms with Gasteiger partial charge in [-0.25, -0.2) is 4.39 Å². The maximum Gasteiger partial charge on any atom is 0.131 e. The molecule has 2 aromatic rings. The summed E-state index contributed by atoms with van der Waals surface area (Å²) >= 11 is 0. The minimum atomic E-state index is -0.245. The second kappa shape index (κ2) is 4.30. The van der Waals surface area contributed by atoms with Crippen molar-refractivity contribution in [2.75, 3.05) is 0 Å². The van der Waals surface area contributed by atoms with Gasteiger partial charge in [0.1, 0.15) is 5.82 Å². The Bertz CT molecular complexity index is 544. The second-order valence-corrected chi connectivity index (χ2v) is 4.30. The van der Waals surface area contributed by atoms with Crippen LogP contribution in [0.3, 0.4) is 0 Å². The van der Waals surface area contributed by atoms with Crippen LogP contribution in [0.15, 0.2) is 24.4 Å². The van der Waals surface area contributed by atoms with Crippen molar-refractivity contribution in [1.82, 2.24) is 9.78 Å². The van der Waals surface area contributed by atoms with Gasteiger partial charge in [0.15, 0.2) is 0 Å². The molecule has 1 atom stereocenters. The maximum absolute atomic E-state index is 13.8. The molecular weight excluding hydrogens is 217 g/mol. The summed E-state index contributed by atoms with van der Waals surface area (Å²) in [4.78, 5) is 0. The van der Waals surface area contributed by atoms with Gasteiger partial charge < -0.3 is 5.73 Å². The van der Waals surface area contributed by atoms with E-state index in [0.29, 0.717) is 5.56 Å². The first-order valence-electron chi connectivity index (χ1n) is 5.54. The van der Waals surface area contributed by atoms with Crippen molar-refractivity contribution >= 4 is 0 Å². The highest BCUT2D eigenvalue weighted by Gasteiger charge is 2.12. The zero-order chi connectivity index (χ0) is 12.6. The Kier molecular flexibility index (Phi) is 2.98. The third kappa shape index (κ3) is 2.08. The van der Waals surface area contributed by atoms with Crippen molar-refractivity contribution in [2.24, 2.45) is 12.8 Å². The molecule has 2 rings (SSSR count). The highest BCUT2D eigenvalue weighted by atomic mass is 19.1. The predicted octanol–water partition coefficient (Wildman–Crippen LogP) is 2.55. The van der Waals surface area contributed by atoms with Crippen LogP contribution in [0.1, 0.15) is 24.2 Å². The lowest BCUT2D eigenvalue weighted by molar-refractivity contribution is 0.629. The van der Waals surface area contributed by atoms with Crippen LogP contribution < -0.4 is 5.73 Å². The summed E-state index contributed by atoms with van der Waals surface area (Å²) in [7, 11) is 1.84. The Morgan fingerprint density at radius 3 is 2.59 bits per heavy atom. The normalized spacial score (nSPS) is 12.8. The average molecular weight is 233 g/mol. The highest BCUT2D eigenvalue weighted by molar-refractivity contribution is 5.66. The highest BCUT2D eigenvalue weighted by Crippen LogP contribution is 2.27. The Balaban J connectivity index is 2.58. The molecule has 0 saturated carbocycles. The molecule has 0 aliphatic carbocycles. The first-order valence-corrected chi connectivity index (χ1v) is 5.54. The van der Waals surface area contributed by atoms with E-state index in [-0.39, 0.29) is 11.9 Å². The van der Waals surface area contributed by atoms with Crippen molar-refractivity contribution in [3.63, 3.8) is 0 Å². The van der Waals surface area contributed by atoms with Gasteiger partial charge >= 0.3 is 0 Å². The van der Waals surface area contributed by atoms with E-state index >= 15 is 0 Å². The molecule has 1 unspecified atom stereocenters. The van der Waals surface area contributed by atoms with Crippen LogP contribution in [0.4, 0.5) is 4.39 Å². The molecule has 3 nitrogen and oxygen atoms in total. The van der Waals surface area contributed by atoms with Gasteiger partial charge in [-0.2, -0.15) is 5.10 Å². The summed E-state index contributed by atoms with van der Waals surface area (Å²) in [6.45, 7) is 3.80. The van der Waals surface area contributed by atoms with Crippen LogP contribution >= 0.6 is 0 Å². The SMILES string of the molecule is Cc1c(-c2cc(C(C)N)ccc2F)cnn1C. The number of hydrogen-bond acceptors (Lipinski definition) is 2. The average Bonchev–Trinajstić information content (AvgIpc) is 2.60. The van der Waals surface area contributed by atoms with E-state index in [4.69, 9.17) is 5.73 Å². The zero-order valence-corrected chi connectivity index (χ0v) is 10.2. The molecule has 0 aliphatic heterocycles. The van der Waals surface area contributed by atoms with E-state index in [2.05, 4.69) is 5.10 Å². The van der Waals surface area contributed by atoms with Gasteiger partial charge in [-0.15, -0.1) is 0 Å². The summed E-state index contributed by atoms with van der Waals surface area (Å²) in [5.74, 6) is -0.245. The lowest BCUT2D eigenvalue weighted by Crippen LogP contribution is -2.05. The molecule has 2 N–H and O–H groups in total. The van der Waals surface area contributed by atoms with Crippen LogP contribution in [-0.4, -0.2) is 9.78 Å². The molecule has 0 aliphatic rings. The maximum atomic E-state index is 13.8. The Morgan fingerprint density at radius 2 is 2.06 bits per heavy atom. The number of aryl methyl sites for hydroxylation is 1. The summed E-state index contributed by atoms with van der Waals surface area (Å²) in [6.07, 6.45) is 1.68. The van der Waals surface area contributed by atoms with Gasteiger partial charge in [0, 0.05) is 29.9 Å². The Morgan fingerprint density at radius 1 is 1.35 bits per heavy atom. The van der Waals surface area contributed by atoms with Crippen molar-refractivity contribution in [2.45, 2.75) is 19.9 Å². The van der Waals surface area contributed by atoms with E-state index in [1.807, 2.05) is 20.9 Å². The monoisotopic (exact) mass is 233 g/mol. The molecule has 0 saturated heterocycles. The Hall–Kier alpha value is -1.68. The van der Waals surface area contributed by atoms with Gasteiger partial charge in [0.25, 0.3) is 0 Å². The van der Waals surface area contributed by atoms with Crippen molar-refractivity contribution < 1.29 is 4.39 Å². The van der Waals surface area contributed by atoms with Gasteiger partial charge in [0.2, 0.25) is 0 Å². The molecule has 17 heavy (non-hydrogen) atoms. The van der Waals surface area contributed by atoms with Gasteiger partial charge in [-0.1, -0.05) is 6.07 Å². The van der Waals surface area contributed by atoms with Crippen molar-refractivity contribution in [1.29, 1.82) is 0 Å². The van der Waals surface area contributed by atoms with E-state index in [0.717, 1.165) is 16.8 Å². The number of nitrogens with two attached hydrogens (primary N) is 1. The van der Waals surface area contributed by atoms with Crippen LogP contribution in [-0.2, 0) is 7.05 Å². The van der Waals surface area contributed by atoms with E-state index in [1.54, 1.807) is 23.0 Å². The van der Waals surface area contributed by atoms with Gasteiger partial charge in [-0.05, 0) is 31.5 Å². The minimum Gasteiger partial charge on any atom is -0.324 e. The molecule has 1 heterocycles. The minimum absolute atomic E-state index is 0.105. The quantitative estimate of drug-likeness (QED) is 0.866. The third-order valence-corrected chi connectivity index (χ3v) is 3.04.